The lowest BCUT2D eigenvalue weighted by molar-refractivity contribution is -0.166. The SMILES string of the molecule is CCC[C@H](C(=O)OC(C)(C)C)[C@@H](CC(C)C)C(=O)N1C[C@@H](OCc2ccccc2)CC1C(=O)O. The summed E-state index contributed by atoms with van der Waals surface area (Å²) >= 11 is 0. The molecule has 1 aliphatic heterocycles. The molecule has 1 heterocycles. The Labute approximate surface area is 203 Å². The van der Waals surface area contributed by atoms with Gasteiger partial charge in [0.15, 0.2) is 0 Å². The van der Waals surface area contributed by atoms with Crippen LogP contribution < -0.4 is 0 Å². The van der Waals surface area contributed by atoms with Crippen LogP contribution in [0.3, 0.4) is 0 Å². The largest absolute Gasteiger partial charge is 0.480 e. The minimum atomic E-state index is -1.05. The van der Waals surface area contributed by atoms with Gasteiger partial charge in [0.1, 0.15) is 11.6 Å². The van der Waals surface area contributed by atoms with Crippen molar-refractivity contribution in [2.75, 3.05) is 6.54 Å². The number of esters is 1. The summed E-state index contributed by atoms with van der Waals surface area (Å²) in [6, 6.07) is 8.69. The first-order chi connectivity index (χ1) is 15.9. The van der Waals surface area contributed by atoms with E-state index in [1.807, 2.05) is 71.9 Å². The highest BCUT2D eigenvalue weighted by Crippen LogP contribution is 2.33. The Balaban J connectivity index is 2.24. The Morgan fingerprint density at radius 2 is 1.76 bits per heavy atom. The van der Waals surface area contributed by atoms with E-state index in [1.54, 1.807) is 0 Å². The zero-order chi connectivity index (χ0) is 25.5. The van der Waals surface area contributed by atoms with E-state index in [0.29, 0.717) is 19.4 Å². The zero-order valence-corrected chi connectivity index (χ0v) is 21.5. The van der Waals surface area contributed by atoms with Crippen molar-refractivity contribution in [2.24, 2.45) is 17.8 Å². The minimum Gasteiger partial charge on any atom is -0.480 e. The molecule has 0 bridgehead atoms. The molecule has 0 aromatic heterocycles. The highest BCUT2D eigenvalue weighted by Gasteiger charge is 2.45. The number of carbonyl (C=O) groups excluding carboxylic acids is 2. The standard InChI is InChI=1S/C27H41NO6/c1-7-11-21(26(32)34-27(4,5)6)22(14-18(2)3)24(29)28-16-20(15-23(28)25(30)31)33-17-19-12-9-8-10-13-19/h8-10,12-13,18,20-23H,7,11,14-17H2,1-6H3,(H,30,31)/t20-,21-,22+,23?/m0/s1. The fraction of sp³-hybridized carbons (Fsp3) is 0.667. The fourth-order valence-corrected chi connectivity index (χ4v) is 4.51. The van der Waals surface area contributed by atoms with E-state index >= 15 is 0 Å². The maximum absolute atomic E-state index is 13.8. The number of aliphatic carboxylic acids is 1. The molecule has 1 amide bonds. The predicted molar refractivity (Wildman–Crippen MR) is 130 cm³/mol. The van der Waals surface area contributed by atoms with Crippen molar-refractivity contribution in [2.45, 2.75) is 91.6 Å². The van der Waals surface area contributed by atoms with Gasteiger partial charge in [-0.15, -0.1) is 0 Å². The van der Waals surface area contributed by atoms with Gasteiger partial charge in [0, 0.05) is 13.0 Å². The van der Waals surface area contributed by atoms with Crippen LogP contribution in [-0.4, -0.2) is 52.1 Å². The van der Waals surface area contributed by atoms with Gasteiger partial charge in [-0.1, -0.05) is 57.5 Å². The number of amides is 1. The van der Waals surface area contributed by atoms with Crippen LogP contribution in [0.1, 0.15) is 72.8 Å². The van der Waals surface area contributed by atoms with Crippen molar-refractivity contribution in [1.29, 1.82) is 0 Å². The lowest BCUT2D eigenvalue weighted by atomic mass is 9.81. The molecule has 1 fully saturated rings. The van der Waals surface area contributed by atoms with Gasteiger partial charge < -0.3 is 19.5 Å². The molecule has 1 aromatic rings. The summed E-state index contributed by atoms with van der Waals surface area (Å²) in [6.07, 6.45) is 1.57. The summed E-state index contributed by atoms with van der Waals surface area (Å²) in [5, 5.41) is 9.86. The second-order valence-electron chi connectivity index (χ2n) is 10.7. The molecular formula is C27H41NO6. The second-order valence-corrected chi connectivity index (χ2v) is 10.7. The first-order valence-electron chi connectivity index (χ1n) is 12.3. The zero-order valence-electron chi connectivity index (χ0n) is 21.5. The Kier molecular flexibility index (Phi) is 10.1. The number of benzene rings is 1. The molecule has 4 atom stereocenters. The van der Waals surface area contributed by atoms with Crippen LogP contribution >= 0.6 is 0 Å². The van der Waals surface area contributed by atoms with Gasteiger partial charge in [-0.3, -0.25) is 9.59 Å². The average Bonchev–Trinajstić information content (AvgIpc) is 3.18. The summed E-state index contributed by atoms with van der Waals surface area (Å²) in [4.78, 5) is 40.4. The number of nitrogens with zero attached hydrogens (tertiary/aromatic N) is 1. The molecule has 190 valence electrons. The average molecular weight is 476 g/mol. The summed E-state index contributed by atoms with van der Waals surface area (Å²) < 4.78 is 11.6. The highest BCUT2D eigenvalue weighted by molar-refractivity contribution is 5.89. The Hall–Kier alpha value is -2.41. The molecule has 0 saturated carbocycles. The minimum absolute atomic E-state index is 0.159. The molecule has 7 heteroatoms. The highest BCUT2D eigenvalue weighted by atomic mass is 16.6. The first kappa shape index (κ1) is 27.8. The van der Waals surface area contributed by atoms with E-state index in [9.17, 15) is 19.5 Å². The smallest absolute Gasteiger partial charge is 0.326 e. The Morgan fingerprint density at radius 1 is 1.12 bits per heavy atom. The van der Waals surface area contributed by atoms with Crippen molar-refractivity contribution in [1.82, 2.24) is 4.90 Å². The summed E-state index contributed by atoms with van der Waals surface area (Å²) in [6.45, 7) is 12.0. The van der Waals surface area contributed by atoms with E-state index < -0.39 is 35.4 Å². The quantitative estimate of drug-likeness (QED) is 0.467. The molecule has 1 aliphatic rings. The third-order valence-electron chi connectivity index (χ3n) is 6.00. The summed E-state index contributed by atoms with van der Waals surface area (Å²) in [5.41, 5.74) is 0.326. The molecule has 1 unspecified atom stereocenters. The van der Waals surface area contributed by atoms with E-state index in [2.05, 4.69) is 0 Å². The van der Waals surface area contributed by atoms with Gasteiger partial charge in [-0.25, -0.2) is 4.79 Å². The molecule has 1 saturated heterocycles. The van der Waals surface area contributed by atoms with E-state index in [4.69, 9.17) is 9.47 Å². The molecule has 7 nitrogen and oxygen atoms in total. The van der Waals surface area contributed by atoms with Crippen LogP contribution in [0, 0.1) is 17.8 Å². The van der Waals surface area contributed by atoms with E-state index in [-0.39, 0.29) is 30.9 Å². The van der Waals surface area contributed by atoms with E-state index in [0.717, 1.165) is 12.0 Å². The lowest BCUT2D eigenvalue weighted by Gasteiger charge is -2.33. The predicted octanol–water partition coefficient (Wildman–Crippen LogP) is 4.68. The monoisotopic (exact) mass is 475 g/mol. The number of hydrogen-bond acceptors (Lipinski definition) is 5. The van der Waals surface area contributed by atoms with Gasteiger partial charge in [0.25, 0.3) is 0 Å². The maximum atomic E-state index is 13.8. The van der Waals surface area contributed by atoms with Crippen LogP contribution in [0.4, 0.5) is 0 Å². The third kappa shape index (κ3) is 8.12. The van der Waals surface area contributed by atoms with Gasteiger partial charge in [0.05, 0.1) is 24.5 Å². The molecule has 1 aromatic carbocycles. The van der Waals surface area contributed by atoms with Gasteiger partial charge in [-0.05, 0) is 45.1 Å². The molecule has 34 heavy (non-hydrogen) atoms. The number of likely N-dealkylation sites (tertiary alicyclic amines) is 1. The van der Waals surface area contributed by atoms with Gasteiger partial charge in [0.2, 0.25) is 5.91 Å². The number of ether oxygens (including phenoxy) is 2. The van der Waals surface area contributed by atoms with Crippen molar-refractivity contribution < 1.29 is 29.0 Å². The van der Waals surface area contributed by atoms with Crippen LogP contribution in [0.5, 0.6) is 0 Å². The fourth-order valence-electron chi connectivity index (χ4n) is 4.51. The third-order valence-corrected chi connectivity index (χ3v) is 6.00. The second kappa shape index (κ2) is 12.3. The topological polar surface area (TPSA) is 93.1 Å². The number of carbonyl (C=O) groups is 3. The number of carboxylic acids is 1. The van der Waals surface area contributed by atoms with Gasteiger partial charge in [-0.2, -0.15) is 0 Å². The molecule has 0 aliphatic carbocycles. The van der Waals surface area contributed by atoms with Crippen molar-refractivity contribution in [3.63, 3.8) is 0 Å². The van der Waals surface area contributed by atoms with Crippen LogP contribution in [0.25, 0.3) is 0 Å². The van der Waals surface area contributed by atoms with Crippen molar-refractivity contribution in [3.8, 4) is 0 Å². The van der Waals surface area contributed by atoms with E-state index in [1.165, 1.54) is 4.90 Å². The first-order valence-corrected chi connectivity index (χ1v) is 12.3. The normalized spacial score (nSPS) is 20.3. The van der Waals surface area contributed by atoms with Crippen LogP contribution in [0.2, 0.25) is 0 Å². The number of rotatable bonds is 11. The maximum Gasteiger partial charge on any atom is 0.326 e. The lowest BCUT2D eigenvalue weighted by Crippen LogP contribution is -2.47. The number of hydrogen-bond donors (Lipinski definition) is 1. The molecule has 2 rings (SSSR count). The number of carboxylic acid groups (broad SMARTS) is 1. The van der Waals surface area contributed by atoms with Crippen LogP contribution in [0.15, 0.2) is 30.3 Å². The summed E-state index contributed by atoms with van der Waals surface area (Å²) in [5.74, 6) is -2.83. The van der Waals surface area contributed by atoms with Gasteiger partial charge >= 0.3 is 11.9 Å². The molecular weight excluding hydrogens is 434 g/mol. The van der Waals surface area contributed by atoms with Crippen LogP contribution in [-0.2, 0) is 30.5 Å². The molecule has 0 spiro atoms. The van der Waals surface area contributed by atoms with Crippen molar-refractivity contribution >= 4 is 17.8 Å². The Morgan fingerprint density at radius 3 is 2.29 bits per heavy atom. The Bertz CT molecular complexity index is 816. The van der Waals surface area contributed by atoms with Crippen molar-refractivity contribution in [3.05, 3.63) is 35.9 Å². The molecule has 0 radical (unpaired) electrons. The molecule has 1 N–H and O–H groups in total. The summed E-state index contributed by atoms with van der Waals surface area (Å²) in [7, 11) is 0.